The minimum Gasteiger partial charge on any atom is -0.378 e. The van der Waals surface area contributed by atoms with Crippen LogP contribution in [0.1, 0.15) is 34.9 Å². The summed E-state index contributed by atoms with van der Waals surface area (Å²) < 4.78 is 7.15. The number of fused-ring (bicyclic) bond motifs is 6. The molecule has 0 aromatic carbocycles. The van der Waals surface area contributed by atoms with E-state index in [1.54, 1.807) is 4.57 Å². The van der Waals surface area contributed by atoms with Crippen molar-refractivity contribution in [2.75, 3.05) is 26.3 Å². The first kappa shape index (κ1) is 18.7. The van der Waals surface area contributed by atoms with Crippen molar-refractivity contribution in [3.63, 3.8) is 0 Å². The Morgan fingerprint density at radius 3 is 2.83 bits per heavy atom. The second-order valence-corrected chi connectivity index (χ2v) is 11.7. The average Bonchev–Trinajstić information content (AvgIpc) is 3.53. The van der Waals surface area contributed by atoms with Crippen LogP contribution in [-0.2, 0) is 16.1 Å². The van der Waals surface area contributed by atoms with Crippen molar-refractivity contribution < 1.29 is 9.53 Å². The van der Waals surface area contributed by atoms with Crippen LogP contribution in [0.25, 0.3) is 0 Å². The van der Waals surface area contributed by atoms with Gasteiger partial charge in [0.05, 0.1) is 18.2 Å². The first-order valence-corrected chi connectivity index (χ1v) is 13.1. The lowest BCUT2D eigenvalue weighted by Gasteiger charge is -2.40. The van der Waals surface area contributed by atoms with E-state index in [9.17, 15) is 9.59 Å². The highest BCUT2D eigenvalue weighted by Gasteiger charge is 2.55. The van der Waals surface area contributed by atoms with Crippen molar-refractivity contribution in [2.24, 2.45) is 17.8 Å². The van der Waals surface area contributed by atoms with Gasteiger partial charge in [-0.3, -0.25) is 14.2 Å². The molecule has 29 heavy (non-hydrogen) atoms. The summed E-state index contributed by atoms with van der Waals surface area (Å²) in [4.78, 5) is 30.4. The highest BCUT2D eigenvalue weighted by molar-refractivity contribution is 8.00. The van der Waals surface area contributed by atoms with Crippen LogP contribution >= 0.6 is 34.4 Å². The van der Waals surface area contributed by atoms with E-state index in [2.05, 4.69) is 17.5 Å². The van der Waals surface area contributed by atoms with Crippen LogP contribution in [0.4, 0.5) is 0 Å². The van der Waals surface area contributed by atoms with Crippen molar-refractivity contribution in [1.29, 1.82) is 0 Å². The highest BCUT2D eigenvalue weighted by atomic mass is 32.2. The number of nitrogens with zero attached hydrogens (tertiary/aromatic N) is 2. The lowest BCUT2D eigenvalue weighted by molar-refractivity contribution is -0.136. The van der Waals surface area contributed by atoms with Crippen molar-refractivity contribution in [2.45, 2.75) is 42.0 Å². The molecule has 3 fully saturated rings. The largest absolute Gasteiger partial charge is 0.378 e. The molecule has 0 spiro atoms. The molecule has 4 aliphatic rings. The zero-order valence-electron chi connectivity index (χ0n) is 16.1. The van der Waals surface area contributed by atoms with Crippen molar-refractivity contribution >= 4 is 40.3 Å². The van der Waals surface area contributed by atoms with E-state index in [1.165, 1.54) is 40.4 Å². The molecule has 4 heterocycles. The number of aromatic nitrogens is 1. The number of thiophene rings is 1. The number of morpholine rings is 1. The zero-order valence-corrected chi connectivity index (χ0v) is 18.6. The molecule has 154 valence electrons. The molecule has 2 aromatic rings. The maximum atomic E-state index is 13.0. The van der Waals surface area contributed by atoms with Crippen LogP contribution in [0.3, 0.4) is 0 Å². The lowest BCUT2D eigenvalue weighted by Crippen LogP contribution is -2.43. The fraction of sp³-hybridized carbons (Fsp3) is 0.619. The molecular formula is C21H24N2O3S3. The summed E-state index contributed by atoms with van der Waals surface area (Å²) >= 11 is 5.11. The normalized spacial score (nSPS) is 33.0. The maximum absolute atomic E-state index is 13.0. The summed E-state index contributed by atoms with van der Waals surface area (Å²) in [5, 5.41) is 3.82. The van der Waals surface area contributed by atoms with Gasteiger partial charge in [0.25, 0.3) is 0 Å². The topological polar surface area (TPSA) is 51.5 Å². The molecule has 8 heteroatoms. The van der Waals surface area contributed by atoms with Crippen LogP contribution in [0.15, 0.2) is 27.3 Å². The van der Waals surface area contributed by atoms with Crippen molar-refractivity contribution in [3.8, 4) is 0 Å². The van der Waals surface area contributed by atoms with E-state index in [0.29, 0.717) is 43.4 Å². The Hall–Kier alpha value is -1.09. The molecule has 5 atom stereocenters. The van der Waals surface area contributed by atoms with Crippen LogP contribution in [-0.4, -0.2) is 46.9 Å². The average molecular weight is 449 g/mol. The van der Waals surface area contributed by atoms with Crippen LogP contribution in [0.5, 0.6) is 0 Å². The molecule has 1 saturated heterocycles. The van der Waals surface area contributed by atoms with Gasteiger partial charge in [0, 0.05) is 34.0 Å². The molecule has 5 unspecified atom stereocenters. The van der Waals surface area contributed by atoms with Gasteiger partial charge < -0.3 is 9.64 Å². The van der Waals surface area contributed by atoms with E-state index < -0.39 is 0 Å². The summed E-state index contributed by atoms with van der Waals surface area (Å²) in [6.07, 6.45) is 4.01. The molecule has 5 nitrogen and oxygen atoms in total. The number of carbonyl (C=O) groups excluding carboxylic acids is 1. The van der Waals surface area contributed by atoms with E-state index in [-0.39, 0.29) is 17.3 Å². The van der Waals surface area contributed by atoms with Gasteiger partial charge in [-0.25, -0.2) is 0 Å². The Morgan fingerprint density at radius 1 is 1.21 bits per heavy atom. The summed E-state index contributed by atoms with van der Waals surface area (Å²) in [6.45, 7) is 2.59. The molecular weight excluding hydrogens is 424 g/mol. The van der Waals surface area contributed by atoms with E-state index in [0.717, 1.165) is 16.9 Å². The first-order valence-electron chi connectivity index (χ1n) is 10.5. The number of hydrogen-bond acceptors (Lipinski definition) is 6. The zero-order chi connectivity index (χ0) is 19.5. The standard InChI is InChI=1S/C21H24N2O3S3/c24-15(22-5-7-26-8-6-22)11-23-20-19(29-21(23)25)17(14-2-1-9-27-14)16-12-3-4-13(10-12)18(16)28-20/h1-2,9,12-13,16-18H,3-8,10-11H2. The van der Waals surface area contributed by atoms with Crippen molar-refractivity contribution in [1.82, 2.24) is 9.47 Å². The Morgan fingerprint density at radius 2 is 2.03 bits per heavy atom. The van der Waals surface area contributed by atoms with E-state index in [4.69, 9.17) is 4.74 Å². The molecule has 2 aromatic heterocycles. The Bertz CT molecular complexity index is 976. The fourth-order valence-corrected chi connectivity index (χ4v) is 10.0. The molecule has 2 aliphatic heterocycles. The molecule has 2 bridgehead atoms. The Labute approximate surface area is 182 Å². The second-order valence-electron chi connectivity index (χ2n) is 8.60. The highest BCUT2D eigenvalue weighted by Crippen LogP contribution is 2.64. The molecule has 2 saturated carbocycles. The predicted molar refractivity (Wildman–Crippen MR) is 116 cm³/mol. The fourth-order valence-electron chi connectivity index (χ4n) is 5.92. The minimum atomic E-state index is 0.0259. The smallest absolute Gasteiger partial charge is 0.308 e. The summed E-state index contributed by atoms with van der Waals surface area (Å²) in [6, 6.07) is 4.37. The van der Waals surface area contributed by atoms with Gasteiger partial charge >= 0.3 is 4.87 Å². The first-order chi connectivity index (χ1) is 14.2. The minimum absolute atomic E-state index is 0.0259. The van der Waals surface area contributed by atoms with E-state index >= 15 is 0 Å². The van der Waals surface area contributed by atoms with Gasteiger partial charge in [0.2, 0.25) is 5.91 Å². The van der Waals surface area contributed by atoms with Gasteiger partial charge in [-0.1, -0.05) is 17.4 Å². The van der Waals surface area contributed by atoms with Crippen LogP contribution in [0.2, 0.25) is 0 Å². The molecule has 1 amide bonds. The number of carbonyl (C=O) groups is 1. The van der Waals surface area contributed by atoms with Crippen LogP contribution < -0.4 is 4.87 Å². The monoisotopic (exact) mass is 448 g/mol. The third-order valence-corrected chi connectivity index (χ3v) is 11.0. The molecule has 0 N–H and O–H groups in total. The number of amides is 1. The molecule has 0 radical (unpaired) electrons. The third-order valence-electron chi connectivity index (χ3n) is 7.20. The maximum Gasteiger partial charge on any atom is 0.308 e. The van der Waals surface area contributed by atoms with E-state index in [1.807, 2.05) is 28.0 Å². The second kappa shape index (κ2) is 7.25. The van der Waals surface area contributed by atoms with Gasteiger partial charge in [-0.2, -0.15) is 0 Å². The van der Waals surface area contributed by atoms with Crippen LogP contribution in [0, 0.1) is 17.8 Å². The Kier molecular flexibility index (Phi) is 4.67. The van der Waals surface area contributed by atoms with Gasteiger partial charge in [-0.15, -0.1) is 23.1 Å². The predicted octanol–water partition coefficient (Wildman–Crippen LogP) is 3.48. The van der Waals surface area contributed by atoms with Gasteiger partial charge in [0.15, 0.2) is 0 Å². The molecule has 6 rings (SSSR count). The SMILES string of the molecule is O=C(Cn1c2c(sc1=O)C(c1cccs1)C1C3CCC(C3)C1S2)N1CCOCC1. The summed E-state index contributed by atoms with van der Waals surface area (Å²) in [5.41, 5.74) is 0. The number of rotatable bonds is 3. The number of thiazole rings is 1. The number of thioether (sulfide) groups is 1. The quantitative estimate of drug-likeness (QED) is 0.721. The number of hydrogen-bond donors (Lipinski definition) is 0. The summed E-state index contributed by atoms with van der Waals surface area (Å²) in [5.74, 6) is 2.58. The summed E-state index contributed by atoms with van der Waals surface area (Å²) in [7, 11) is 0. The third kappa shape index (κ3) is 2.98. The van der Waals surface area contributed by atoms with Gasteiger partial charge in [0.1, 0.15) is 6.54 Å². The number of ether oxygens (including phenoxy) is 1. The van der Waals surface area contributed by atoms with Crippen molar-refractivity contribution in [3.05, 3.63) is 36.9 Å². The Balaban J connectivity index is 1.39. The van der Waals surface area contributed by atoms with Gasteiger partial charge in [-0.05, 0) is 48.5 Å². The lowest BCUT2D eigenvalue weighted by atomic mass is 9.77. The molecule has 2 aliphatic carbocycles.